The van der Waals surface area contributed by atoms with Gasteiger partial charge in [-0.3, -0.25) is 20.4 Å². The zero-order valence-corrected chi connectivity index (χ0v) is 28.1. The first-order valence-electron chi connectivity index (χ1n) is 18.5. The van der Waals surface area contributed by atoms with Crippen LogP contribution in [0, 0.1) is 29.1 Å². The summed E-state index contributed by atoms with van der Waals surface area (Å²) in [4.78, 5) is 16.0. The number of carbonyl (C=O) groups excluding carboxylic acids is 1. The summed E-state index contributed by atoms with van der Waals surface area (Å²) in [5.74, 6) is 0.520. The number of nitrogens with zero attached hydrogens (tertiary/aromatic N) is 2. The lowest BCUT2D eigenvalue weighted by atomic mass is 9.75. The minimum atomic E-state index is -0.959. The molecule has 268 valence electrons. The molecular weight excluding hydrogens is 608 g/mol. The summed E-state index contributed by atoms with van der Waals surface area (Å²) in [6.07, 6.45) is 7.40. The van der Waals surface area contributed by atoms with Gasteiger partial charge in [0.1, 0.15) is 24.8 Å². The van der Waals surface area contributed by atoms with Crippen molar-refractivity contribution in [2.75, 3.05) is 39.9 Å². The number of nitrogens with two attached hydrogens (primary N) is 1. The van der Waals surface area contributed by atoms with Gasteiger partial charge < -0.3 is 31.0 Å². The normalized spacial score (nSPS) is 42.7. The number of halogens is 2. The van der Waals surface area contributed by atoms with Crippen molar-refractivity contribution in [3.63, 3.8) is 0 Å². The van der Waals surface area contributed by atoms with Crippen molar-refractivity contribution in [1.82, 2.24) is 25.8 Å². The summed E-state index contributed by atoms with van der Waals surface area (Å²) in [5.41, 5.74) is 6.38. The quantitative estimate of drug-likeness (QED) is 0.215. The molecule has 11 atom stereocenters. The average Bonchev–Trinajstić information content (AvgIpc) is 3.84. The van der Waals surface area contributed by atoms with Crippen LogP contribution in [0.15, 0.2) is 0 Å². The highest BCUT2D eigenvalue weighted by Crippen LogP contribution is 2.48. The Morgan fingerprint density at radius 2 is 1.83 bits per heavy atom. The monoisotopic (exact) mass is 667 g/mol. The van der Waals surface area contributed by atoms with Gasteiger partial charge in [-0.2, -0.15) is 0 Å². The van der Waals surface area contributed by atoms with Crippen LogP contribution >= 0.6 is 0 Å². The third kappa shape index (κ3) is 7.81. The molecule has 0 aromatic heterocycles. The molecule has 0 aromatic carbocycles. The molecule has 7 N–H and O–H groups in total. The van der Waals surface area contributed by atoms with Crippen LogP contribution in [-0.4, -0.2) is 122 Å². The largest absolute Gasteiger partial charge is 0.453 e. The molecule has 6 aliphatic rings. The fourth-order valence-corrected chi connectivity index (χ4v) is 10.1. The van der Waals surface area contributed by atoms with Crippen LogP contribution in [0.5, 0.6) is 0 Å². The van der Waals surface area contributed by atoms with Crippen LogP contribution in [0.3, 0.4) is 0 Å². The second-order valence-corrected chi connectivity index (χ2v) is 15.1. The second-order valence-electron chi connectivity index (χ2n) is 15.1. The molecule has 2 aliphatic carbocycles. The van der Waals surface area contributed by atoms with E-state index in [1.54, 1.807) is 0 Å². The number of amides is 1. The topological polar surface area (TPSA) is 148 Å². The number of alkyl halides is 2. The van der Waals surface area contributed by atoms with Crippen molar-refractivity contribution in [1.29, 1.82) is 5.41 Å². The van der Waals surface area contributed by atoms with Gasteiger partial charge in [0.2, 0.25) is 0 Å². The van der Waals surface area contributed by atoms with Gasteiger partial charge in [0.15, 0.2) is 0 Å². The molecule has 47 heavy (non-hydrogen) atoms. The molecule has 2 saturated carbocycles. The molecule has 6 rings (SSSR count). The Labute approximate surface area is 278 Å². The van der Waals surface area contributed by atoms with Crippen molar-refractivity contribution in [2.45, 2.75) is 139 Å². The van der Waals surface area contributed by atoms with Crippen LogP contribution < -0.4 is 21.7 Å². The summed E-state index contributed by atoms with van der Waals surface area (Å²) in [6, 6.07) is 0.238. The molecule has 4 saturated heterocycles. The van der Waals surface area contributed by atoms with Crippen LogP contribution in [0.2, 0.25) is 0 Å². The maximum Gasteiger partial charge on any atom is 0.406 e. The van der Waals surface area contributed by atoms with Crippen molar-refractivity contribution in [2.24, 2.45) is 29.4 Å². The number of aliphatic hydroxyl groups is 1. The van der Waals surface area contributed by atoms with E-state index in [1.807, 2.05) is 0 Å². The molecule has 6 fully saturated rings. The third-order valence-corrected chi connectivity index (χ3v) is 12.6. The number of alkyl carbamates (subject to hydrolysis) is 1. The SMILES string of the molecule is COC(=O)NCC(O)N1CCCC1C1NCC(C2CCCC3C(F)C4CC(C(=N)CN)CCC4N3C(C3CCC(F)CC3)OCC2)N1. The third-order valence-electron chi connectivity index (χ3n) is 12.6. The molecular formula is C34H59F2N7O4. The zero-order chi connectivity index (χ0) is 33.1. The Morgan fingerprint density at radius 1 is 1.04 bits per heavy atom. The average molecular weight is 668 g/mol. The van der Waals surface area contributed by atoms with E-state index in [4.69, 9.17) is 15.9 Å². The van der Waals surface area contributed by atoms with Gasteiger partial charge in [0.05, 0.1) is 19.8 Å². The van der Waals surface area contributed by atoms with Gasteiger partial charge in [-0.15, -0.1) is 0 Å². The predicted molar refractivity (Wildman–Crippen MR) is 175 cm³/mol. The van der Waals surface area contributed by atoms with E-state index in [1.165, 1.54) is 7.11 Å². The van der Waals surface area contributed by atoms with E-state index in [0.29, 0.717) is 37.5 Å². The number of hydrogen-bond donors (Lipinski definition) is 6. The summed E-state index contributed by atoms with van der Waals surface area (Å²) in [5, 5.41) is 29.4. The fourth-order valence-electron chi connectivity index (χ4n) is 10.1. The number of carbonyl (C=O) groups is 1. The van der Waals surface area contributed by atoms with Gasteiger partial charge in [-0.1, -0.05) is 6.42 Å². The van der Waals surface area contributed by atoms with Crippen molar-refractivity contribution in [3.05, 3.63) is 0 Å². The smallest absolute Gasteiger partial charge is 0.406 e. The van der Waals surface area contributed by atoms with Crippen LogP contribution in [0.4, 0.5) is 13.6 Å². The Morgan fingerprint density at radius 3 is 2.60 bits per heavy atom. The van der Waals surface area contributed by atoms with Gasteiger partial charge in [-0.05, 0) is 94.8 Å². The van der Waals surface area contributed by atoms with Crippen molar-refractivity contribution < 1.29 is 28.2 Å². The summed E-state index contributed by atoms with van der Waals surface area (Å²) >= 11 is 0. The first-order valence-corrected chi connectivity index (χ1v) is 18.5. The molecule has 1 amide bonds. The number of hydrogen-bond acceptors (Lipinski definition) is 10. The number of likely N-dealkylation sites (tertiary alicyclic amines) is 1. The number of ether oxygens (including phenoxy) is 2. The molecule has 0 bridgehead atoms. The van der Waals surface area contributed by atoms with Crippen LogP contribution in [0.25, 0.3) is 0 Å². The Kier molecular flexibility index (Phi) is 12.1. The first kappa shape index (κ1) is 35.3. The van der Waals surface area contributed by atoms with Crippen molar-refractivity contribution >= 4 is 11.8 Å². The second kappa shape index (κ2) is 16.0. The minimum absolute atomic E-state index is 0.0269. The van der Waals surface area contributed by atoms with E-state index >= 15 is 4.39 Å². The summed E-state index contributed by atoms with van der Waals surface area (Å²) < 4.78 is 42.4. The lowest BCUT2D eigenvalue weighted by molar-refractivity contribution is -0.137. The van der Waals surface area contributed by atoms with E-state index in [2.05, 4.69) is 30.5 Å². The number of fused-ring (bicyclic) bond motifs is 3. The van der Waals surface area contributed by atoms with E-state index in [-0.39, 0.29) is 67.4 Å². The van der Waals surface area contributed by atoms with Gasteiger partial charge in [0.25, 0.3) is 0 Å². The molecule has 0 radical (unpaired) electrons. The molecule has 11 nitrogen and oxygen atoms in total. The van der Waals surface area contributed by atoms with Crippen molar-refractivity contribution in [3.8, 4) is 0 Å². The molecule has 4 heterocycles. The number of aliphatic hydroxyl groups excluding tert-OH is 1. The summed E-state index contributed by atoms with van der Waals surface area (Å²) in [7, 11) is 1.31. The van der Waals surface area contributed by atoms with Crippen LogP contribution in [-0.2, 0) is 9.47 Å². The lowest BCUT2D eigenvalue weighted by Gasteiger charge is -2.45. The maximum absolute atomic E-state index is 16.6. The summed E-state index contributed by atoms with van der Waals surface area (Å²) in [6.45, 7) is 2.53. The standard InChI is InChI=1S/C34H59F2N7O4/c1-46-34(45)40-19-30(44)42-14-3-6-29(42)32-39-18-26(41-32)20-4-2-5-28-31(36)24-16-22(25(38)17-37)9-12-27(24)43(28)33(47-15-13-20)21-7-10-23(35)11-8-21/h20-24,26-33,38-39,41,44H,2-19,37H2,1H3,(H,40,45). The van der Waals surface area contributed by atoms with Gasteiger partial charge in [-0.25, -0.2) is 13.6 Å². The highest BCUT2D eigenvalue weighted by atomic mass is 19.1. The van der Waals surface area contributed by atoms with E-state index in [0.717, 1.165) is 77.3 Å². The molecule has 0 aromatic rings. The Bertz CT molecular complexity index is 1050. The lowest BCUT2D eigenvalue weighted by Crippen LogP contribution is -2.55. The minimum Gasteiger partial charge on any atom is -0.453 e. The zero-order valence-electron chi connectivity index (χ0n) is 28.1. The van der Waals surface area contributed by atoms with Gasteiger partial charge >= 0.3 is 6.09 Å². The van der Waals surface area contributed by atoms with E-state index < -0.39 is 24.7 Å². The Hall–Kier alpha value is -1.48. The van der Waals surface area contributed by atoms with Crippen LogP contribution in [0.1, 0.15) is 83.5 Å². The predicted octanol–water partition coefficient (Wildman–Crippen LogP) is 2.86. The number of rotatable bonds is 8. The molecule has 4 aliphatic heterocycles. The molecule has 11 unspecified atom stereocenters. The number of methoxy groups -OCH3 is 1. The van der Waals surface area contributed by atoms with E-state index in [9.17, 15) is 14.3 Å². The highest BCUT2D eigenvalue weighted by molar-refractivity contribution is 5.85. The Balaban J connectivity index is 1.12. The number of nitrogens with one attached hydrogen (secondary N) is 4. The van der Waals surface area contributed by atoms with Gasteiger partial charge in [0, 0.05) is 62.0 Å². The highest BCUT2D eigenvalue weighted by Gasteiger charge is 2.55. The molecule has 13 heteroatoms. The molecule has 0 spiro atoms. The fraction of sp³-hybridized carbons (Fsp3) is 0.941. The first-order chi connectivity index (χ1) is 22.8. The maximum atomic E-state index is 16.6.